The number of carbonyl (C=O) groups excluding carboxylic acids is 6. The standard InChI is InChI=1S/C76H110N4O19S/c1-47(2)45-79(100(91,92)59-30-28-57(93-8)29-31-59)46-65(84)60(40-53-21-14-12-15-22-53)78-70(86)43-56(42-58-24-20-34-97-58)77-69(85)26-17-13-16-23-55-36-48(3)35-49(4)37-67(95-10)72-68(96-11)39-51(6)76(90,99-72)73(87)74(88)80-33-19-18-25-61(80)75(89)98-71(52(7)63(82)44-64(55)83)50(5)38-54-27-32-62(81)66(41-54)94-9/h12-16,20-22,24,28-31,34,36,38,47,49,51-52,54-56,60-63,65-68,71-72,81-82,84,90H,17-19,23,25-27,32-33,35,37,39-46H2,1-11H3,(H,77,85)(H,78,86)/b16-13+,48-36+,50-38+/t49-,51+,52+,54-,55+,56?,60+,61-,62+,63-,65-,66+,67-,68-,71+,72+,76+/m0/s1. The number of rotatable bonds is 26. The van der Waals surface area contributed by atoms with Crippen molar-refractivity contribution in [1.29, 1.82) is 0 Å². The van der Waals surface area contributed by atoms with Crippen molar-refractivity contribution in [3.05, 3.63) is 120 Å². The number of aliphatic hydroxyl groups excluding tert-OH is 3. The van der Waals surface area contributed by atoms with Crippen molar-refractivity contribution >= 4 is 45.3 Å². The lowest BCUT2D eigenvalue weighted by atomic mass is 9.81. The van der Waals surface area contributed by atoms with Crippen molar-refractivity contribution in [3.8, 4) is 5.75 Å². The van der Waals surface area contributed by atoms with Gasteiger partial charge in [-0.3, -0.25) is 24.0 Å². The highest BCUT2D eigenvalue weighted by Gasteiger charge is 2.57. The second-order valence-electron chi connectivity index (χ2n) is 28.6. The van der Waals surface area contributed by atoms with Gasteiger partial charge >= 0.3 is 5.97 Å². The molecule has 1 aromatic heterocycles. The molecule has 3 aliphatic heterocycles. The predicted octanol–water partition coefficient (Wildman–Crippen LogP) is 7.94. The molecule has 4 heterocycles. The summed E-state index contributed by atoms with van der Waals surface area (Å²) in [4.78, 5) is 88.1. The first kappa shape index (κ1) is 80.9. The minimum absolute atomic E-state index is 0.00913. The van der Waals surface area contributed by atoms with Crippen LogP contribution in [0, 0.1) is 35.5 Å². The lowest BCUT2D eigenvalue weighted by Crippen LogP contribution is -2.64. The molecule has 1 aliphatic carbocycles. The van der Waals surface area contributed by atoms with Crippen molar-refractivity contribution in [2.45, 2.75) is 229 Å². The zero-order valence-electron chi connectivity index (χ0n) is 60.2. The number of hydrogen-bond donors (Lipinski definition) is 6. The van der Waals surface area contributed by atoms with Crippen molar-refractivity contribution in [2.75, 3.05) is 48.1 Å². The zero-order valence-corrected chi connectivity index (χ0v) is 61.0. The Hall–Kier alpha value is -6.45. The van der Waals surface area contributed by atoms with Crippen molar-refractivity contribution in [3.63, 3.8) is 0 Å². The van der Waals surface area contributed by atoms with Crippen LogP contribution in [0.4, 0.5) is 0 Å². The van der Waals surface area contributed by atoms with Crippen LogP contribution in [-0.4, -0.2) is 194 Å². The number of ketones is 2. The molecule has 7 rings (SSSR count). The molecule has 554 valence electrons. The van der Waals surface area contributed by atoms with Gasteiger partial charge in [0.15, 0.2) is 0 Å². The fourth-order valence-corrected chi connectivity index (χ4v) is 16.1. The summed E-state index contributed by atoms with van der Waals surface area (Å²) in [5, 5.41) is 53.2. The Balaban J connectivity index is 1.11. The molecule has 2 saturated heterocycles. The summed E-state index contributed by atoms with van der Waals surface area (Å²) < 4.78 is 70.8. The van der Waals surface area contributed by atoms with Gasteiger partial charge < -0.3 is 68.8 Å². The van der Waals surface area contributed by atoms with E-state index in [0.717, 1.165) is 16.0 Å². The first-order chi connectivity index (χ1) is 47.6. The normalized spacial score (nSPS) is 29.6. The molecule has 1 saturated carbocycles. The number of esters is 1. The Bertz CT molecular complexity index is 3340. The highest BCUT2D eigenvalue weighted by Crippen LogP contribution is 2.40. The van der Waals surface area contributed by atoms with Crippen molar-refractivity contribution < 1.29 is 90.4 Å². The van der Waals surface area contributed by atoms with Crippen LogP contribution in [0.3, 0.4) is 0 Å². The number of cyclic esters (lactones) is 1. The number of aliphatic hydroxyl groups is 4. The van der Waals surface area contributed by atoms with E-state index in [4.69, 9.17) is 32.8 Å². The maximum Gasteiger partial charge on any atom is 0.329 e. The van der Waals surface area contributed by atoms with Crippen molar-refractivity contribution in [1.82, 2.24) is 19.8 Å². The van der Waals surface area contributed by atoms with Gasteiger partial charge in [-0.1, -0.05) is 94.8 Å². The fourth-order valence-electron chi connectivity index (χ4n) is 14.5. The number of piperidine rings is 1. The molecule has 6 N–H and O–H groups in total. The Morgan fingerprint density at radius 2 is 1.51 bits per heavy atom. The molecular weight excluding hydrogens is 1300 g/mol. The van der Waals surface area contributed by atoms with E-state index in [2.05, 4.69) is 10.6 Å². The van der Waals surface area contributed by atoms with Gasteiger partial charge in [-0.05, 0) is 156 Å². The Morgan fingerprint density at radius 1 is 0.810 bits per heavy atom. The van der Waals surface area contributed by atoms with Gasteiger partial charge in [0.2, 0.25) is 27.6 Å². The first-order valence-electron chi connectivity index (χ1n) is 35.5. The van der Waals surface area contributed by atoms with Crippen LogP contribution in [0.25, 0.3) is 0 Å². The van der Waals surface area contributed by atoms with Crippen LogP contribution < -0.4 is 15.4 Å². The quantitative estimate of drug-likeness (QED) is 0.0252. The van der Waals surface area contributed by atoms with Crippen LogP contribution in [0.15, 0.2) is 118 Å². The number of methoxy groups -OCH3 is 4. The minimum Gasteiger partial charge on any atom is -0.497 e. The largest absolute Gasteiger partial charge is 0.497 e. The number of ether oxygens (including phenoxy) is 6. The number of allylic oxidation sites excluding steroid dienone is 5. The molecule has 2 bridgehead atoms. The predicted molar refractivity (Wildman–Crippen MR) is 374 cm³/mol. The Morgan fingerprint density at radius 3 is 2.17 bits per heavy atom. The fraction of sp³-hybridized carbons (Fsp3) is 0.632. The number of fused-ring (bicyclic) bond motifs is 3. The SMILES string of the molecule is COc1ccc(S(=O)(=O)N(CC(C)C)C[C@H](O)[C@@H](Cc2ccccc2)NC(=O)CC(Cc2ccco2)NC(=O)CC/C=C/C[C@@H]2/C=C(\C)C[C@H](C)C[C@H](OC)[C@H]3O[C@@](O)(C(=O)C(=O)N4CCCC[C@H]4C(=O)O[C@H](/C(C)=C/[C@@H]4CC[C@@H](O)[C@H](OC)C4)[C@H](C)[C@@H](O)CC2=O)[C@H](C)C[C@@H]3OC)cc1. The Labute approximate surface area is 590 Å². The topological polar surface area (TPSA) is 317 Å². The number of hydrogen-bond acceptors (Lipinski definition) is 19. The van der Waals surface area contributed by atoms with Crippen LogP contribution in [0.1, 0.15) is 150 Å². The molecule has 3 amide bonds. The monoisotopic (exact) mass is 1410 g/mol. The summed E-state index contributed by atoms with van der Waals surface area (Å²) in [6, 6.07) is 15.7. The second-order valence-corrected chi connectivity index (χ2v) is 30.5. The molecule has 0 spiro atoms. The summed E-state index contributed by atoms with van der Waals surface area (Å²) >= 11 is 0. The average molecular weight is 1420 g/mol. The minimum atomic E-state index is -4.12. The van der Waals surface area contributed by atoms with E-state index in [-0.39, 0.29) is 112 Å². The summed E-state index contributed by atoms with van der Waals surface area (Å²) in [5.41, 5.74) is 2.20. The third kappa shape index (κ3) is 22.3. The second kappa shape index (κ2) is 38.2. The lowest BCUT2D eigenvalue weighted by Gasteiger charge is -2.47. The number of sulfonamides is 1. The third-order valence-corrected chi connectivity index (χ3v) is 22.0. The summed E-state index contributed by atoms with van der Waals surface area (Å²) in [7, 11) is 1.89. The number of furan rings is 1. The van der Waals surface area contributed by atoms with E-state index in [1.807, 2.05) is 76.3 Å². The number of amides is 3. The van der Waals surface area contributed by atoms with Gasteiger partial charge in [0.05, 0.1) is 60.9 Å². The highest BCUT2D eigenvalue weighted by molar-refractivity contribution is 7.89. The van der Waals surface area contributed by atoms with Gasteiger partial charge in [0, 0.05) is 90.4 Å². The molecule has 24 heteroatoms. The molecule has 1 unspecified atom stereocenters. The number of benzene rings is 2. The van der Waals surface area contributed by atoms with Crippen LogP contribution >= 0.6 is 0 Å². The van der Waals surface area contributed by atoms with E-state index in [1.165, 1.54) is 51.1 Å². The molecule has 3 aromatic rings. The van der Waals surface area contributed by atoms with E-state index >= 15 is 0 Å². The lowest BCUT2D eigenvalue weighted by molar-refractivity contribution is -0.302. The third-order valence-electron chi connectivity index (χ3n) is 20.1. The van der Waals surface area contributed by atoms with Gasteiger partial charge in [-0.25, -0.2) is 13.2 Å². The van der Waals surface area contributed by atoms with Gasteiger partial charge in [-0.15, -0.1) is 0 Å². The van der Waals surface area contributed by atoms with E-state index in [9.17, 15) is 57.6 Å². The molecule has 0 radical (unpaired) electrons. The van der Waals surface area contributed by atoms with E-state index in [0.29, 0.717) is 62.0 Å². The molecule has 23 nitrogen and oxygen atoms in total. The number of carbonyl (C=O) groups is 6. The smallest absolute Gasteiger partial charge is 0.329 e. The summed E-state index contributed by atoms with van der Waals surface area (Å²) in [5.74, 6) is -8.87. The zero-order chi connectivity index (χ0) is 73.0. The van der Waals surface area contributed by atoms with Crippen LogP contribution in [0.5, 0.6) is 5.75 Å². The molecule has 3 fully saturated rings. The van der Waals surface area contributed by atoms with E-state index in [1.54, 1.807) is 51.1 Å². The van der Waals surface area contributed by atoms with Crippen LogP contribution in [-0.2, 0) is 75.3 Å². The van der Waals surface area contributed by atoms with Crippen molar-refractivity contribution in [2.24, 2.45) is 35.5 Å². The highest BCUT2D eigenvalue weighted by atomic mass is 32.2. The molecule has 2 aromatic carbocycles. The van der Waals surface area contributed by atoms with Crippen LogP contribution in [0.2, 0.25) is 0 Å². The Kier molecular flexibility index (Phi) is 30.9. The maximum atomic E-state index is 14.9. The molecule has 100 heavy (non-hydrogen) atoms. The molecule has 17 atom stereocenters. The number of nitrogens with one attached hydrogen (secondary N) is 2. The first-order valence-corrected chi connectivity index (χ1v) is 36.9. The number of Topliss-reactive ketones (excluding diaryl/α,β-unsaturated/α-hetero) is 2. The van der Waals surface area contributed by atoms with Gasteiger partial charge in [0.1, 0.15) is 35.5 Å². The summed E-state index contributed by atoms with van der Waals surface area (Å²) in [6.45, 7) is 12.5. The molecular formula is C76H110N4O19S. The maximum absolute atomic E-state index is 14.9. The van der Waals surface area contributed by atoms with Gasteiger partial charge in [0.25, 0.3) is 11.7 Å². The van der Waals surface area contributed by atoms with E-state index < -0.39 is 124 Å². The van der Waals surface area contributed by atoms with Gasteiger partial charge in [-0.2, -0.15) is 4.31 Å². The molecule has 4 aliphatic rings. The summed E-state index contributed by atoms with van der Waals surface area (Å²) in [6.07, 6.45) is 5.37. The number of nitrogens with zero attached hydrogens (tertiary/aromatic N) is 2. The average Bonchev–Trinajstić information content (AvgIpc) is 0.916.